The maximum absolute atomic E-state index is 14.0. The Kier molecular flexibility index (Phi) is 7.07. The van der Waals surface area contributed by atoms with Gasteiger partial charge >= 0.3 is 5.97 Å². The smallest absolute Gasteiger partial charge is 0.335 e. The van der Waals surface area contributed by atoms with Crippen molar-refractivity contribution in [1.29, 1.82) is 0 Å². The number of rotatable bonds is 8. The molecule has 194 valence electrons. The molecule has 0 saturated carbocycles. The first-order chi connectivity index (χ1) is 17.5. The van der Waals surface area contributed by atoms with Crippen LogP contribution in [-0.2, 0) is 26.6 Å². The minimum absolute atomic E-state index is 0.118. The SMILES string of the molecule is COc1ccc2nc(S(=O)Cc3ncc(C)c(OC)c3C)n(S(=O)(=O)c3cc(C(=O)O)ccc3C)c2c1. The quantitative estimate of drug-likeness (QED) is 0.353. The van der Waals surface area contributed by atoms with Crippen LogP contribution in [0.1, 0.15) is 32.7 Å². The zero-order valence-electron chi connectivity index (χ0n) is 20.8. The van der Waals surface area contributed by atoms with Gasteiger partial charge in [-0.05, 0) is 50.6 Å². The summed E-state index contributed by atoms with van der Waals surface area (Å²) in [5.74, 6) is -0.411. The van der Waals surface area contributed by atoms with Crippen molar-refractivity contribution in [3.05, 3.63) is 70.5 Å². The second kappa shape index (κ2) is 9.94. The molecule has 0 bridgehead atoms. The number of hydrogen-bond acceptors (Lipinski definition) is 8. The van der Waals surface area contributed by atoms with Gasteiger partial charge in [0.15, 0.2) is 0 Å². The van der Waals surface area contributed by atoms with Crippen molar-refractivity contribution in [3.63, 3.8) is 0 Å². The molecule has 4 aromatic rings. The van der Waals surface area contributed by atoms with Crippen molar-refractivity contribution in [2.75, 3.05) is 14.2 Å². The van der Waals surface area contributed by atoms with Crippen LogP contribution in [0.15, 0.2) is 52.6 Å². The van der Waals surface area contributed by atoms with Gasteiger partial charge in [-0.1, -0.05) is 6.07 Å². The number of hydrogen-bond donors (Lipinski definition) is 1. The highest BCUT2D eigenvalue weighted by Gasteiger charge is 2.30. The number of nitrogens with zero attached hydrogens (tertiary/aromatic N) is 3. The van der Waals surface area contributed by atoms with E-state index in [2.05, 4.69) is 9.97 Å². The average Bonchev–Trinajstić information content (AvgIpc) is 3.25. The number of imidazole rings is 1. The van der Waals surface area contributed by atoms with E-state index in [0.29, 0.717) is 28.3 Å². The number of aromatic nitrogens is 3. The molecule has 2 heterocycles. The molecule has 10 nitrogen and oxygen atoms in total. The van der Waals surface area contributed by atoms with Gasteiger partial charge in [0.25, 0.3) is 10.0 Å². The van der Waals surface area contributed by atoms with Gasteiger partial charge in [0.1, 0.15) is 11.5 Å². The predicted octanol–water partition coefficient (Wildman–Crippen LogP) is 3.62. The molecule has 0 amide bonds. The van der Waals surface area contributed by atoms with Crippen LogP contribution < -0.4 is 9.47 Å². The second-order valence-electron chi connectivity index (χ2n) is 8.34. The lowest BCUT2D eigenvalue weighted by Gasteiger charge is -2.14. The van der Waals surface area contributed by atoms with Gasteiger partial charge in [0.2, 0.25) is 5.16 Å². The fraction of sp³-hybridized carbons (Fsp3) is 0.240. The van der Waals surface area contributed by atoms with Crippen LogP contribution in [0, 0.1) is 20.8 Å². The summed E-state index contributed by atoms with van der Waals surface area (Å²) >= 11 is 0. The number of fused-ring (bicyclic) bond motifs is 1. The summed E-state index contributed by atoms with van der Waals surface area (Å²) < 4.78 is 53.3. The number of pyridine rings is 1. The summed E-state index contributed by atoms with van der Waals surface area (Å²) in [6.45, 7) is 5.18. The maximum Gasteiger partial charge on any atom is 0.335 e. The molecule has 0 saturated heterocycles. The second-order valence-corrected chi connectivity index (χ2v) is 11.4. The fourth-order valence-electron chi connectivity index (χ4n) is 4.03. The van der Waals surface area contributed by atoms with E-state index in [4.69, 9.17) is 9.47 Å². The normalized spacial score (nSPS) is 12.5. The first-order valence-electron chi connectivity index (χ1n) is 11.0. The molecule has 0 fully saturated rings. The van der Waals surface area contributed by atoms with Gasteiger partial charge in [-0.3, -0.25) is 9.19 Å². The van der Waals surface area contributed by atoms with Crippen LogP contribution in [-0.4, -0.2) is 51.9 Å². The highest BCUT2D eigenvalue weighted by atomic mass is 32.2. The summed E-state index contributed by atoms with van der Waals surface area (Å²) in [4.78, 5) is 20.1. The Hall–Kier alpha value is -3.77. The average molecular weight is 544 g/mol. The number of aromatic carboxylic acids is 1. The Morgan fingerprint density at radius 2 is 1.78 bits per heavy atom. The lowest BCUT2D eigenvalue weighted by Crippen LogP contribution is -2.19. The third kappa shape index (κ3) is 4.69. The van der Waals surface area contributed by atoms with Crippen molar-refractivity contribution in [2.45, 2.75) is 36.6 Å². The number of methoxy groups -OCH3 is 2. The Labute approximate surface area is 216 Å². The van der Waals surface area contributed by atoms with Gasteiger partial charge in [-0.25, -0.2) is 22.2 Å². The number of carboxylic acids is 1. The van der Waals surface area contributed by atoms with Crippen LogP contribution in [0.4, 0.5) is 0 Å². The third-order valence-corrected chi connectivity index (χ3v) is 9.14. The lowest BCUT2D eigenvalue weighted by atomic mass is 10.1. The Morgan fingerprint density at radius 3 is 2.43 bits per heavy atom. The number of ether oxygens (including phenoxy) is 2. The molecule has 1 unspecified atom stereocenters. The Balaban J connectivity index is 1.95. The first-order valence-corrected chi connectivity index (χ1v) is 13.8. The minimum Gasteiger partial charge on any atom is -0.497 e. The van der Waals surface area contributed by atoms with Crippen LogP contribution in [0.3, 0.4) is 0 Å². The van der Waals surface area contributed by atoms with E-state index >= 15 is 0 Å². The molecule has 12 heteroatoms. The molecule has 1 N–H and O–H groups in total. The Morgan fingerprint density at radius 1 is 1.05 bits per heavy atom. The van der Waals surface area contributed by atoms with Gasteiger partial charge in [-0.2, -0.15) is 0 Å². The molecular formula is C25H25N3O7S2. The highest BCUT2D eigenvalue weighted by Crippen LogP contribution is 2.31. The van der Waals surface area contributed by atoms with Crippen LogP contribution >= 0.6 is 0 Å². The van der Waals surface area contributed by atoms with E-state index in [9.17, 15) is 22.5 Å². The van der Waals surface area contributed by atoms with E-state index in [1.807, 2.05) is 6.92 Å². The molecule has 0 aliphatic rings. The molecule has 0 radical (unpaired) electrons. The van der Waals surface area contributed by atoms with Crippen LogP contribution in [0.25, 0.3) is 11.0 Å². The van der Waals surface area contributed by atoms with Gasteiger partial charge in [-0.15, -0.1) is 0 Å². The van der Waals surface area contributed by atoms with E-state index in [1.54, 1.807) is 32.2 Å². The summed E-state index contributed by atoms with van der Waals surface area (Å²) in [6, 6.07) is 8.49. The fourth-order valence-corrected chi connectivity index (χ4v) is 7.32. The van der Waals surface area contributed by atoms with E-state index in [-0.39, 0.29) is 32.4 Å². The number of carboxylic acid groups (broad SMARTS) is 1. The van der Waals surface area contributed by atoms with Crippen molar-refractivity contribution in [3.8, 4) is 11.5 Å². The first kappa shape index (κ1) is 26.3. The molecule has 2 aromatic heterocycles. The zero-order chi connectivity index (χ0) is 27.1. The van der Waals surface area contributed by atoms with Gasteiger partial charge in [0, 0.05) is 23.4 Å². The molecule has 4 rings (SSSR count). The number of aryl methyl sites for hydroxylation is 2. The molecule has 0 spiro atoms. The maximum atomic E-state index is 14.0. The van der Waals surface area contributed by atoms with E-state index in [1.165, 1.54) is 32.4 Å². The summed E-state index contributed by atoms with van der Waals surface area (Å²) in [5, 5.41) is 9.22. The van der Waals surface area contributed by atoms with Crippen molar-refractivity contribution >= 4 is 37.8 Å². The van der Waals surface area contributed by atoms with Gasteiger partial charge < -0.3 is 14.6 Å². The summed E-state index contributed by atoms with van der Waals surface area (Å²) in [6.07, 6.45) is 1.60. The standard InChI is InChI=1S/C25H25N3O7S2/c1-14-6-7-17(24(29)30)10-22(14)37(32,33)28-21-11-18(34-4)8-9-19(21)27-25(28)36(31)13-20-16(3)23(35-5)15(2)12-26-20/h6-12H,13H2,1-5H3,(H,29,30). The monoisotopic (exact) mass is 543 g/mol. The topological polar surface area (TPSA) is 138 Å². The molecule has 0 aliphatic carbocycles. The molecule has 1 atom stereocenters. The van der Waals surface area contributed by atoms with Gasteiger partial charge in [0.05, 0.1) is 58.0 Å². The highest BCUT2D eigenvalue weighted by molar-refractivity contribution is 7.91. The molecule has 2 aromatic carbocycles. The summed E-state index contributed by atoms with van der Waals surface area (Å²) in [7, 11) is -3.42. The van der Waals surface area contributed by atoms with E-state index < -0.39 is 26.8 Å². The third-order valence-electron chi connectivity index (χ3n) is 5.97. The largest absolute Gasteiger partial charge is 0.497 e. The molecule has 0 aliphatic heterocycles. The number of carbonyl (C=O) groups is 1. The van der Waals surface area contributed by atoms with Crippen molar-refractivity contribution < 1.29 is 32.0 Å². The zero-order valence-corrected chi connectivity index (χ0v) is 22.4. The van der Waals surface area contributed by atoms with Crippen molar-refractivity contribution in [2.24, 2.45) is 0 Å². The number of benzene rings is 2. The van der Waals surface area contributed by atoms with E-state index in [0.717, 1.165) is 15.6 Å². The molecular weight excluding hydrogens is 518 g/mol. The van der Waals surface area contributed by atoms with Crippen LogP contribution in [0.5, 0.6) is 11.5 Å². The predicted molar refractivity (Wildman–Crippen MR) is 137 cm³/mol. The van der Waals surface area contributed by atoms with Crippen molar-refractivity contribution in [1.82, 2.24) is 13.9 Å². The Bertz CT molecular complexity index is 1680. The lowest BCUT2D eigenvalue weighted by molar-refractivity contribution is 0.0696. The summed E-state index contributed by atoms with van der Waals surface area (Å²) in [5.41, 5.74) is 2.53. The van der Waals surface area contributed by atoms with Crippen LogP contribution in [0.2, 0.25) is 0 Å². The molecule has 37 heavy (non-hydrogen) atoms. The minimum atomic E-state index is -4.43.